The van der Waals surface area contributed by atoms with Crippen molar-refractivity contribution in [3.05, 3.63) is 34.9 Å². The Morgan fingerprint density at radius 2 is 2.35 bits per heavy atom. The van der Waals surface area contributed by atoms with E-state index in [0.29, 0.717) is 10.6 Å². The van der Waals surface area contributed by atoms with Crippen LogP contribution in [-0.4, -0.2) is 36.1 Å². The molecule has 0 aromatic heterocycles. The van der Waals surface area contributed by atoms with Crippen molar-refractivity contribution >= 4 is 17.5 Å². The van der Waals surface area contributed by atoms with Gasteiger partial charge in [0, 0.05) is 18.0 Å². The van der Waals surface area contributed by atoms with E-state index in [9.17, 15) is 18.7 Å². The van der Waals surface area contributed by atoms with Crippen molar-refractivity contribution in [2.75, 3.05) is 13.1 Å². The molecule has 0 radical (unpaired) electrons. The number of aliphatic hydroxyl groups is 1. The van der Waals surface area contributed by atoms with E-state index in [2.05, 4.69) is 10.6 Å². The summed E-state index contributed by atoms with van der Waals surface area (Å²) < 4.78 is 25.9. The van der Waals surface area contributed by atoms with E-state index in [0.717, 1.165) is 0 Å². The molecule has 1 saturated heterocycles. The fourth-order valence-electron chi connectivity index (χ4n) is 2.05. The molecule has 2 unspecified atom stereocenters. The van der Waals surface area contributed by atoms with Gasteiger partial charge in [-0.25, -0.2) is 8.78 Å². The fraction of sp³-hybridized carbons (Fsp3) is 0.462. The molecule has 0 saturated carbocycles. The molecule has 1 aromatic rings. The van der Waals surface area contributed by atoms with E-state index in [-0.39, 0.29) is 6.54 Å². The van der Waals surface area contributed by atoms with E-state index in [1.165, 1.54) is 0 Å². The quantitative estimate of drug-likeness (QED) is 0.790. The molecule has 7 heteroatoms. The van der Waals surface area contributed by atoms with Gasteiger partial charge in [0.05, 0.1) is 18.7 Å². The second-order valence-corrected chi connectivity index (χ2v) is 5.25. The number of hydrogen-bond acceptors (Lipinski definition) is 3. The van der Waals surface area contributed by atoms with Crippen LogP contribution in [0.4, 0.5) is 8.78 Å². The normalized spacial score (nSPS) is 22.5. The number of rotatable bonds is 4. The molecular formula is C13H15ClF2N2O2. The van der Waals surface area contributed by atoms with Crippen molar-refractivity contribution in [1.29, 1.82) is 0 Å². The topological polar surface area (TPSA) is 61.4 Å². The highest BCUT2D eigenvalue weighted by Gasteiger charge is 2.42. The molecule has 0 aliphatic carbocycles. The van der Waals surface area contributed by atoms with E-state index < -0.39 is 36.9 Å². The molecule has 1 amide bonds. The largest absolute Gasteiger partial charge is 0.387 e. The highest BCUT2D eigenvalue weighted by Crippen LogP contribution is 2.25. The molecule has 1 fully saturated rings. The minimum Gasteiger partial charge on any atom is -0.387 e. The third-order valence-electron chi connectivity index (χ3n) is 3.13. The summed E-state index contributed by atoms with van der Waals surface area (Å²) in [5.74, 6) is -3.39. The van der Waals surface area contributed by atoms with Crippen molar-refractivity contribution in [3.63, 3.8) is 0 Å². The predicted molar refractivity (Wildman–Crippen MR) is 70.8 cm³/mol. The second-order valence-electron chi connectivity index (χ2n) is 4.81. The molecule has 0 spiro atoms. The minimum absolute atomic E-state index is 0.0527. The third-order valence-corrected chi connectivity index (χ3v) is 3.36. The SMILES string of the molecule is O=C(NCC(O)c1cccc(Cl)c1)C1CC(F)(F)CN1. The lowest BCUT2D eigenvalue weighted by molar-refractivity contribution is -0.123. The van der Waals surface area contributed by atoms with Crippen molar-refractivity contribution in [3.8, 4) is 0 Å². The molecule has 4 nitrogen and oxygen atoms in total. The van der Waals surface area contributed by atoms with Gasteiger partial charge in [-0.3, -0.25) is 10.1 Å². The van der Waals surface area contributed by atoms with Gasteiger partial charge >= 0.3 is 0 Å². The Balaban J connectivity index is 1.84. The van der Waals surface area contributed by atoms with Crippen LogP contribution in [0.25, 0.3) is 0 Å². The summed E-state index contributed by atoms with van der Waals surface area (Å²) in [5, 5.41) is 15.3. The number of alkyl halides is 2. The Hall–Kier alpha value is -1.24. The molecule has 1 heterocycles. The van der Waals surface area contributed by atoms with Gasteiger partial charge in [-0.15, -0.1) is 0 Å². The van der Waals surface area contributed by atoms with Gasteiger partial charge in [0.15, 0.2) is 0 Å². The zero-order valence-electron chi connectivity index (χ0n) is 10.6. The summed E-state index contributed by atoms with van der Waals surface area (Å²) in [4.78, 5) is 11.7. The summed E-state index contributed by atoms with van der Waals surface area (Å²) in [6.45, 7) is -0.551. The van der Waals surface area contributed by atoms with Gasteiger partial charge in [-0.05, 0) is 17.7 Å². The van der Waals surface area contributed by atoms with E-state index in [1.54, 1.807) is 24.3 Å². The average molecular weight is 305 g/mol. The standard InChI is InChI=1S/C13H15ClF2N2O2/c14-9-3-1-2-8(4-9)11(19)6-17-12(20)10-5-13(15,16)7-18-10/h1-4,10-11,18-19H,5-7H2,(H,17,20). The molecule has 2 atom stereocenters. The van der Waals surface area contributed by atoms with Crippen molar-refractivity contribution in [1.82, 2.24) is 10.6 Å². The average Bonchev–Trinajstić information content (AvgIpc) is 2.76. The van der Waals surface area contributed by atoms with E-state index in [4.69, 9.17) is 11.6 Å². The smallest absolute Gasteiger partial charge is 0.262 e. The zero-order chi connectivity index (χ0) is 14.8. The molecule has 3 N–H and O–H groups in total. The molecule has 1 aliphatic heterocycles. The highest BCUT2D eigenvalue weighted by atomic mass is 35.5. The zero-order valence-corrected chi connectivity index (χ0v) is 11.3. The van der Waals surface area contributed by atoms with Gasteiger partial charge in [0.2, 0.25) is 5.91 Å². The first-order chi connectivity index (χ1) is 9.37. The number of halogens is 3. The Bertz CT molecular complexity index is 499. The monoisotopic (exact) mass is 304 g/mol. The maximum Gasteiger partial charge on any atom is 0.262 e. The van der Waals surface area contributed by atoms with Gasteiger partial charge in [-0.1, -0.05) is 23.7 Å². The molecular weight excluding hydrogens is 290 g/mol. The first-order valence-electron chi connectivity index (χ1n) is 6.20. The van der Waals surface area contributed by atoms with Crippen molar-refractivity contribution < 1.29 is 18.7 Å². The number of amides is 1. The number of carbonyl (C=O) groups excluding carboxylic acids is 1. The summed E-state index contributed by atoms with van der Waals surface area (Å²) in [6, 6.07) is 5.69. The number of aliphatic hydroxyl groups excluding tert-OH is 1. The minimum atomic E-state index is -2.85. The number of carbonyl (C=O) groups is 1. The lowest BCUT2D eigenvalue weighted by atomic mass is 10.1. The maximum absolute atomic E-state index is 13.0. The lowest BCUT2D eigenvalue weighted by Gasteiger charge is -2.15. The Kier molecular flexibility index (Phi) is 4.57. The van der Waals surface area contributed by atoms with Crippen LogP contribution in [-0.2, 0) is 4.79 Å². The van der Waals surface area contributed by atoms with Crippen LogP contribution < -0.4 is 10.6 Å². The molecule has 0 bridgehead atoms. The summed E-state index contributed by atoms with van der Waals surface area (Å²) in [6.07, 6.45) is -1.45. The van der Waals surface area contributed by atoms with E-state index in [1.807, 2.05) is 0 Å². The Morgan fingerprint density at radius 1 is 1.60 bits per heavy atom. The highest BCUT2D eigenvalue weighted by molar-refractivity contribution is 6.30. The lowest BCUT2D eigenvalue weighted by Crippen LogP contribution is -2.41. The first kappa shape index (κ1) is 15.2. The predicted octanol–water partition coefficient (Wildman–Crippen LogP) is 1.49. The number of nitrogens with one attached hydrogen (secondary N) is 2. The number of benzene rings is 1. The maximum atomic E-state index is 13.0. The fourth-order valence-corrected chi connectivity index (χ4v) is 2.25. The van der Waals surface area contributed by atoms with Crippen LogP contribution in [0.5, 0.6) is 0 Å². The van der Waals surface area contributed by atoms with Gasteiger partial charge in [0.25, 0.3) is 5.92 Å². The third kappa shape index (κ3) is 3.88. The molecule has 110 valence electrons. The van der Waals surface area contributed by atoms with Crippen LogP contribution >= 0.6 is 11.6 Å². The van der Waals surface area contributed by atoms with E-state index >= 15 is 0 Å². The summed E-state index contributed by atoms with van der Waals surface area (Å²) >= 11 is 5.79. The molecule has 1 aliphatic rings. The van der Waals surface area contributed by atoms with Crippen LogP contribution in [0.15, 0.2) is 24.3 Å². The van der Waals surface area contributed by atoms with Crippen LogP contribution in [0.1, 0.15) is 18.1 Å². The molecule has 20 heavy (non-hydrogen) atoms. The number of hydrogen-bond donors (Lipinski definition) is 3. The summed E-state index contributed by atoms with van der Waals surface area (Å²) in [5.41, 5.74) is 0.558. The van der Waals surface area contributed by atoms with Gasteiger partial charge in [-0.2, -0.15) is 0 Å². The Morgan fingerprint density at radius 3 is 2.95 bits per heavy atom. The van der Waals surface area contributed by atoms with Crippen LogP contribution in [0, 0.1) is 0 Å². The van der Waals surface area contributed by atoms with Crippen molar-refractivity contribution in [2.45, 2.75) is 24.5 Å². The molecule has 1 aromatic carbocycles. The Labute approximate surface area is 120 Å². The molecule has 2 rings (SSSR count). The van der Waals surface area contributed by atoms with Gasteiger partial charge in [0.1, 0.15) is 0 Å². The van der Waals surface area contributed by atoms with Gasteiger partial charge < -0.3 is 10.4 Å². The second kappa shape index (κ2) is 6.03. The van der Waals surface area contributed by atoms with Crippen LogP contribution in [0.2, 0.25) is 5.02 Å². The summed E-state index contributed by atoms with van der Waals surface area (Å²) in [7, 11) is 0. The van der Waals surface area contributed by atoms with Crippen LogP contribution in [0.3, 0.4) is 0 Å². The van der Waals surface area contributed by atoms with Crippen molar-refractivity contribution in [2.24, 2.45) is 0 Å². The first-order valence-corrected chi connectivity index (χ1v) is 6.58.